The molecule has 0 N–H and O–H groups in total. The van der Waals surface area contributed by atoms with Gasteiger partial charge in [0.25, 0.3) is 0 Å². The van der Waals surface area contributed by atoms with E-state index in [9.17, 15) is 0 Å². The van der Waals surface area contributed by atoms with Gasteiger partial charge in [-0.2, -0.15) is 0 Å². The Balaban J connectivity index is 3.80. The maximum Gasteiger partial charge on any atom is 0.152 e. The summed E-state index contributed by atoms with van der Waals surface area (Å²) in [6.45, 7) is 0.826. The van der Waals surface area contributed by atoms with E-state index in [1.54, 1.807) is 14.2 Å². The lowest BCUT2D eigenvalue weighted by Crippen LogP contribution is -2.44. The molecule has 0 aliphatic heterocycles. The summed E-state index contributed by atoms with van der Waals surface area (Å²) in [5.74, 6) is 0. The highest BCUT2D eigenvalue weighted by Gasteiger charge is 2.22. The standard InChI is InChI=1S/C6H17NO2Si/c1-7(2)5-6(10,8-3)9-4/h5H2,1-4,10H3. The zero-order chi connectivity index (χ0) is 8.20. The van der Waals surface area contributed by atoms with E-state index in [0.29, 0.717) is 0 Å². The molecule has 0 aromatic rings. The molecule has 0 aromatic carbocycles. The molecule has 0 bridgehead atoms. The summed E-state index contributed by atoms with van der Waals surface area (Å²) >= 11 is 0. The summed E-state index contributed by atoms with van der Waals surface area (Å²) < 4.78 is 10.4. The largest absolute Gasteiger partial charge is 0.357 e. The topological polar surface area (TPSA) is 21.7 Å². The van der Waals surface area contributed by atoms with Gasteiger partial charge < -0.3 is 14.4 Å². The Bertz CT molecular complexity index is 93.7. The van der Waals surface area contributed by atoms with E-state index in [1.807, 2.05) is 14.1 Å². The molecular formula is C6H17NO2Si. The van der Waals surface area contributed by atoms with Crippen molar-refractivity contribution >= 4 is 10.2 Å². The fraction of sp³-hybridized carbons (Fsp3) is 1.00. The fourth-order valence-corrected chi connectivity index (χ4v) is 1.42. The number of ether oxygens (including phenoxy) is 2. The highest BCUT2D eigenvalue weighted by atomic mass is 28.1. The van der Waals surface area contributed by atoms with Crippen molar-refractivity contribution < 1.29 is 9.47 Å². The van der Waals surface area contributed by atoms with Gasteiger partial charge in [0.15, 0.2) is 5.41 Å². The molecule has 10 heavy (non-hydrogen) atoms. The van der Waals surface area contributed by atoms with Crippen LogP contribution in [0, 0.1) is 0 Å². The summed E-state index contributed by atoms with van der Waals surface area (Å²) in [4.78, 5) is 2.06. The second-order valence-electron chi connectivity index (χ2n) is 2.78. The third-order valence-corrected chi connectivity index (χ3v) is 2.60. The first kappa shape index (κ1) is 10.1. The Kier molecular flexibility index (Phi) is 4.11. The fourth-order valence-electron chi connectivity index (χ4n) is 0.787. The van der Waals surface area contributed by atoms with E-state index in [4.69, 9.17) is 9.47 Å². The molecule has 0 unspecified atom stereocenters. The van der Waals surface area contributed by atoms with Gasteiger partial charge in [-0.15, -0.1) is 0 Å². The molecule has 4 heteroatoms. The zero-order valence-electron chi connectivity index (χ0n) is 7.47. The van der Waals surface area contributed by atoms with Gasteiger partial charge in [-0.25, -0.2) is 0 Å². The molecule has 0 fully saturated rings. The molecule has 0 aromatic heterocycles. The number of likely N-dealkylation sites (N-methyl/N-ethyl adjacent to an activating group) is 1. The van der Waals surface area contributed by atoms with Crippen molar-refractivity contribution in [3.63, 3.8) is 0 Å². The molecule has 0 rings (SSSR count). The molecule has 0 saturated heterocycles. The molecule has 0 radical (unpaired) electrons. The van der Waals surface area contributed by atoms with Crippen LogP contribution in [0.15, 0.2) is 0 Å². The van der Waals surface area contributed by atoms with Gasteiger partial charge in [0, 0.05) is 20.8 Å². The van der Waals surface area contributed by atoms with Crippen molar-refractivity contribution in [2.75, 3.05) is 34.9 Å². The third kappa shape index (κ3) is 3.31. The average molecular weight is 163 g/mol. The monoisotopic (exact) mass is 163 g/mol. The predicted molar refractivity (Wildman–Crippen MR) is 45.2 cm³/mol. The summed E-state index contributed by atoms with van der Waals surface area (Å²) in [6, 6.07) is 0. The van der Waals surface area contributed by atoms with Gasteiger partial charge in [0.1, 0.15) is 0 Å². The molecule has 0 heterocycles. The molecular weight excluding hydrogens is 146 g/mol. The number of hydrogen-bond acceptors (Lipinski definition) is 3. The van der Waals surface area contributed by atoms with Gasteiger partial charge in [-0.05, 0) is 14.1 Å². The van der Waals surface area contributed by atoms with Crippen LogP contribution in [0.1, 0.15) is 0 Å². The van der Waals surface area contributed by atoms with E-state index in [0.717, 1.165) is 16.8 Å². The Morgan fingerprint density at radius 2 is 1.70 bits per heavy atom. The van der Waals surface area contributed by atoms with E-state index < -0.39 is 0 Å². The minimum absolute atomic E-state index is 0.330. The van der Waals surface area contributed by atoms with E-state index >= 15 is 0 Å². The summed E-state index contributed by atoms with van der Waals surface area (Å²) in [5, 5.41) is 0. The zero-order valence-corrected chi connectivity index (χ0v) is 9.47. The molecule has 3 nitrogen and oxygen atoms in total. The number of hydrogen-bond donors (Lipinski definition) is 0. The SMILES string of the molecule is COC([SiH3])(CN(C)C)OC. The van der Waals surface area contributed by atoms with E-state index in [2.05, 4.69) is 4.90 Å². The third-order valence-electron chi connectivity index (χ3n) is 1.47. The van der Waals surface area contributed by atoms with Crippen LogP contribution in [0.4, 0.5) is 0 Å². The average Bonchev–Trinajstić information content (AvgIpc) is 1.87. The lowest BCUT2D eigenvalue weighted by Gasteiger charge is -2.29. The first-order valence-electron chi connectivity index (χ1n) is 3.29. The van der Waals surface area contributed by atoms with Crippen molar-refractivity contribution in [1.29, 1.82) is 0 Å². The molecule has 62 valence electrons. The predicted octanol–water partition coefficient (Wildman–Crippen LogP) is -1.14. The molecule has 0 aliphatic carbocycles. The number of nitrogens with zero attached hydrogens (tertiary/aromatic N) is 1. The van der Waals surface area contributed by atoms with Crippen molar-refractivity contribution in [1.82, 2.24) is 4.90 Å². The number of rotatable bonds is 4. The van der Waals surface area contributed by atoms with Crippen LogP contribution in [-0.4, -0.2) is 55.4 Å². The Morgan fingerprint density at radius 1 is 1.30 bits per heavy atom. The Morgan fingerprint density at radius 3 is 1.80 bits per heavy atom. The molecule has 0 amide bonds. The molecule has 0 aliphatic rings. The maximum atomic E-state index is 5.20. The van der Waals surface area contributed by atoms with Crippen molar-refractivity contribution in [3.8, 4) is 0 Å². The van der Waals surface area contributed by atoms with E-state index in [1.165, 1.54) is 0 Å². The normalized spacial score (nSPS) is 12.9. The van der Waals surface area contributed by atoms with Crippen LogP contribution in [0.2, 0.25) is 0 Å². The lowest BCUT2D eigenvalue weighted by molar-refractivity contribution is -0.150. The second-order valence-corrected chi connectivity index (χ2v) is 4.30. The minimum atomic E-state index is -0.330. The van der Waals surface area contributed by atoms with E-state index in [-0.39, 0.29) is 5.41 Å². The highest BCUT2D eigenvalue weighted by Crippen LogP contribution is 2.05. The van der Waals surface area contributed by atoms with Crippen LogP contribution in [-0.2, 0) is 9.47 Å². The van der Waals surface area contributed by atoms with Gasteiger partial charge in [0.2, 0.25) is 0 Å². The van der Waals surface area contributed by atoms with Crippen LogP contribution in [0.3, 0.4) is 0 Å². The smallest absolute Gasteiger partial charge is 0.152 e. The molecule has 0 spiro atoms. The van der Waals surface area contributed by atoms with Crippen molar-refractivity contribution in [2.45, 2.75) is 5.41 Å². The first-order valence-corrected chi connectivity index (χ1v) is 4.29. The minimum Gasteiger partial charge on any atom is -0.357 e. The summed E-state index contributed by atoms with van der Waals surface area (Å²) in [5.41, 5.74) is -0.330. The quantitative estimate of drug-likeness (QED) is 0.386. The lowest BCUT2D eigenvalue weighted by atomic mass is 10.5. The Labute approximate surface area is 65.7 Å². The summed E-state index contributed by atoms with van der Waals surface area (Å²) in [6.07, 6.45) is 0. The van der Waals surface area contributed by atoms with Gasteiger partial charge in [-0.1, -0.05) is 0 Å². The summed E-state index contributed by atoms with van der Waals surface area (Å²) in [7, 11) is 8.25. The van der Waals surface area contributed by atoms with Crippen LogP contribution < -0.4 is 0 Å². The Hall–Kier alpha value is 0.0969. The number of methoxy groups -OCH3 is 2. The second kappa shape index (κ2) is 4.08. The maximum absolute atomic E-state index is 5.20. The molecule has 0 saturated carbocycles. The van der Waals surface area contributed by atoms with Gasteiger partial charge in [-0.3, -0.25) is 0 Å². The van der Waals surface area contributed by atoms with Crippen LogP contribution in [0.25, 0.3) is 0 Å². The molecule has 0 atom stereocenters. The van der Waals surface area contributed by atoms with Gasteiger partial charge in [0.05, 0.1) is 10.2 Å². The highest BCUT2D eigenvalue weighted by molar-refractivity contribution is 6.13. The van der Waals surface area contributed by atoms with Gasteiger partial charge >= 0.3 is 0 Å². The van der Waals surface area contributed by atoms with Crippen molar-refractivity contribution in [2.24, 2.45) is 0 Å². The van der Waals surface area contributed by atoms with Crippen molar-refractivity contribution in [3.05, 3.63) is 0 Å². The van der Waals surface area contributed by atoms with Crippen LogP contribution in [0.5, 0.6) is 0 Å². The first-order chi connectivity index (χ1) is 4.54. The van der Waals surface area contributed by atoms with Crippen LogP contribution >= 0.6 is 0 Å².